The van der Waals surface area contributed by atoms with Crippen LogP contribution in [0.15, 0.2) is 16.6 Å². The van der Waals surface area contributed by atoms with Crippen LogP contribution in [-0.4, -0.2) is 6.04 Å². The topological polar surface area (TPSA) is 12.0 Å². The lowest BCUT2D eigenvalue weighted by Crippen LogP contribution is -2.26. The first-order chi connectivity index (χ1) is 8.13. The van der Waals surface area contributed by atoms with Crippen LogP contribution in [0.25, 0.3) is 0 Å². The van der Waals surface area contributed by atoms with Crippen LogP contribution in [-0.2, 0) is 0 Å². The molecule has 1 aromatic carbocycles. The Morgan fingerprint density at radius 1 is 1.12 bits per heavy atom. The summed E-state index contributed by atoms with van der Waals surface area (Å²) in [5.41, 5.74) is 0.897. The van der Waals surface area contributed by atoms with Gasteiger partial charge in [-0.25, -0.2) is 0 Å². The Kier molecular flexibility index (Phi) is 3.31. The van der Waals surface area contributed by atoms with Crippen molar-refractivity contribution in [3.63, 3.8) is 0 Å². The first-order valence-electron chi connectivity index (χ1n) is 6.04. The molecule has 92 valence electrons. The largest absolute Gasteiger partial charge is 0.380 e. The Morgan fingerprint density at radius 3 is 2.35 bits per heavy atom. The molecule has 1 nitrogen and oxygen atoms in total. The average Bonchev–Trinajstić information content (AvgIpc) is 2.84. The minimum Gasteiger partial charge on any atom is -0.380 e. The second-order valence-electron chi connectivity index (χ2n) is 5.17. The van der Waals surface area contributed by atoms with Crippen LogP contribution < -0.4 is 5.32 Å². The molecule has 0 aromatic heterocycles. The van der Waals surface area contributed by atoms with E-state index in [-0.39, 0.29) is 0 Å². The average molecular weight is 335 g/mol. The molecule has 2 fully saturated rings. The molecular weight excluding hydrogens is 321 g/mol. The van der Waals surface area contributed by atoms with Gasteiger partial charge in [0.15, 0.2) is 0 Å². The van der Waals surface area contributed by atoms with Crippen LogP contribution in [0.1, 0.15) is 25.7 Å². The monoisotopic (exact) mass is 333 g/mol. The highest BCUT2D eigenvalue weighted by Crippen LogP contribution is 2.46. The Hall–Kier alpha value is 0.0800. The standard InChI is InChI=1S/C13H14BrCl2N/c14-9-5-10(15)13(11(16)6-9)17-12-4-7-1-2-8(12)3-7/h5-8,12,17H,1-4H2. The molecule has 0 saturated heterocycles. The smallest absolute Gasteiger partial charge is 0.0722 e. The van der Waals surface area contributed by atoms with Gasteiger partial charge in [-0.05, 0) is 43.2 Å². The Labute approximate surface area is 120 Å². The molecule has 4 heteroatoms. The third-order valence-corrected chi connectivity index (χ3v) is 5.13. The van der Waals surface area contributed by atoms with Crippen LogP contribution in [0, 0.1) is 11.8 Å². The summed E-state index contributed by atoms with van der Waals surface area (Å²) >= 11 is 15.9. The van der Waals surface area contributed by atoms with E-state index >= 15 is 0 Å². The highest BCUT2D eigenvalue weighted by atomic mass is 79.9. The van der Waals surface area contributed by atoms with Crippen LogP contribution in [0.2, 0.25) is 10.0 Å². The van der Waals surface area contributed by atoms with E-state index in [0.717, 1.165) is 22.0 Å². The normalized spacial score (nSPS) is 30.9. The molecule has 1 N–H and O–H groups in total. The summed E-state index contributed by atoms with van der Waals surface area (Å²) in [6, 6.07) is 4.34. The van der Waals surface area contributed by atoms with E-state index in [2.05, 4.69) is 21.2 Å². The molecule has 0 heterocycles. The van der Waals surface area contributed by atoms with Gasteiger partial charge in [-0.1, -0.05) is 45.6 Å². The molecule has 2 aliphatic carbocycles. The van der Waals surface area contributed by atoms with Gasteiger partial charge >= 0.3 is 0 Å². The summed E-state index contributed by atoms with van der Waals surface area (Å²) in [5.74, 6) is 1.74. The van der Waals surface area contributed by atoms with Gasteiger partial charge in [0.25, 0.3) is 0 Å². The Morgan fingerprint density at radius 2 is 1.82 bits per heavy atom. The third kappa shape index (κ3) is 2.32. The van der Waals surface area contributed by atoms with E-state index in [0.29, 0.717) is 16.1 Å². The lowest BCUT2D eigenvalue weighted by atomic mass is 9.95. The van der Waals surface area contributed by atoms with Crippen molar-refractivity contribution < 1.29 is 0 Å². The molecule has 3 atom stereocenters. The Bertz CT molecular complexity index is 426. The van der Waals surface area contributed by atoms with Crippen molar-refractivity contribution in [1.82, 2.24) is 0 Å². The molecule has 3 rings (SSSR count). The van der Waals surface area contributed by atoms with Gasteiger partial charge in [0.2, 0.25) is 0 Å². The van der Waals surface area contributed by atoms with Crippen molar-refractivity contribution in [2.24, 2.45) is 11.8 Å². The maximum Gasteiger partial charge on any atom is 0.0722 e. The summed E-state index contributed by atoms with van der Waals surface area (Å²) in [6.45, 7) is 0. The van der Waals surface area contributed by atoms with Crippen LogP contribution >= 0.6 is 39.1 Å². The third-order valence-electron chi connectivity index (χ3n) is 4.07. The molecule has 17 heavy (non-hydrogen) atoms. The second-order valence-corrected chi connectivity index (χ2v) is 6.90. The van der Waals surface area contributed by atoms with Gasteiger partial charge in [0, 0.05) is 10.5 Å². The second kappa shape index (κ2) is 4.64. The van der Waals surface area contributed by atoms with E-state index < -0.39 is 0 Å². The van der Waals surface area contributed by atoms with E-state index in [9.17, 15) is 0 Å². The molecule has 2 saturated carbocycles. The lowest BCUT2D eigenvalue weighted by Gasteiger charge is -2.25. The molecule has 2 bridgehead atoms. The zero-order valence-corrected chi connectivity index (χ0v) is 12.4. The van der Waals surface area contributed by atoms with Crippen molar-refractivity contribution in [2.75, 3.05) is 5.32 Å². The van der Waals surface area contributed by atoms with Crippen molar-refractivity contribution in [1.29, 1.82) is 0 Å². The van der Waals surface area contributed by atoms with E-state index in [1.54, 1.807) is 0 Å². The highest BCUT2D eigenvalue weighted by Gasteiger charge is 2.39. The van der Waals surface area contributed by atoms with Gasteiger partial charge in [-0.3, -0.25) is 0 Å². The predicted octanol–water partition coefficient (Wildman–Crippen LogP) is 5.36. The maximum atomic E-state index is 6.24. The first kappa shape index (κ1) is 12.1. The number of halogens is 3. The number of rotatable bonds is 2. The number of hydrogen-bond acceptors (Lipinski definition) is 1. The number of nitrogens with one attached hydrogen (secondary N) is 1. The number of anilines is 1. The lowest BCUT2D eigenvalue weighted by molar-refractivity contribution is 0.440. The van der Waals surface area contributed by atoms with Gasteiger partial charge in [0.05, 0.1) is 15.7 Å². The van der Waals surface area contributed by atoms with Crippen LogP contribution in [0.5, 0.6) is 0 Å². The zero-order chi connectivity index (χ0) is 12.0. The molecular formula is C13H14BrCl2N. The van der Waals surface area contributed by atoms with Crippen molar-refractivity contribution in [2.45, 2.75) is 31.7 Å². The molecule has 0 amide bonds. The van der Waals surface area contributed by atoms with Crippen LogP contribution in [0.3, 0.4) is 0 Å². The van der Waals surface area contributed by atoms with Gasteiger partial charge in [-0.15, -0.1) is 0 Å². The highest BCUT2D eigenvalue weighted by molar-refractivity contribution is 9.10. The number of fused-ring (bicyclic) bond motifs is 2. The molecule has 0 radical (unpaired) electrons. The van der Waals surface area contributed by atoms with Crippen molar-refractivity contribution >= 4 is 44.8 Å². The first-order valence-corrected chi connectivity index (χ1v) is 7.59. The van der Waals surface area contributed by atoms with E-state index in [4.69, 9.17) is 23.2 Å². The van der Waals surface area contributed by atoms with Gasteiger partial charge in [-0.2, -0.15) is 0 Å². The van der Waals surface area contributed by atoms with E-state index in [1.165, 1.54) is 25.7 Å². The SMILES string of the molecule is Clc1cc(Br)cc(Cl)c1NC1CC2CCC1C2. The zero-order valence-electron chi connectivity index (χ0n) is 9.35. The van der Waals surface area contributed by atoms with Crippen LogP contribution in [0.4, 0.5) is 5.69 Å². The molecule has 3 unspecified atom stereocenters. The molecule has 0 aliphatic heterocycles. The van der Waals surface area contributed by atoms with Gasteiger partial charge < -0.3 is 5.32 Å². The minimum atomic E-state index is 0.560. The predicted molar refractivity (Wildman–Crippen MR) is 77.0 cm³/mol. The number of hydrogen-bond donors (Lipinski definition) is 1. The Balaban J connectivity index is 1.81. The summed E-state index contributed by atoms with van der Waals surface area (Å²) in [4.78, 5) is 0. The maximum absolute atomic E-state index is 6.24. The summed E-state index contributed by atoms with van der Waals surface area (Å²) in [5, 5.41) is 4.95. The van der Waals surface area contributed by atoms with Crippen molar-refractivity contribution in [3.05, 3.63) is 26.7 Å². The molecule has 0 spiro atoms. The summed E-state index contributed by atoms with van der Waals surface area (Å²) in [7, 11) is 0. The van der Waals surface area contributed by atoms with E-state index in [1.807, 2.05) is 12.1 Å². The minimum absolute atomic E-state index is 0.560. The fraction of sp³-hybridized carbons (Fsp3) is 0.538. The number of benzene rings is 1. The molecule has 1 aromatic rings. The quantitative estimate of drug-likeness (QED) is 0.768. The molecule has 2 aliphatic rings. The van der Waals surface area contributed by atoms with Crippen molar-refractivity contribution in [3.8, 4) is 0 Å². The summed E-state index contributed by atoms with van der Waals surface area (Å²) < 4.78 is 0.922. The summed E-state index contributed by atoms with van der Waals surface area (Å²) in [6.07, 6.45) is 5.41. The van der Waals surface area contributed by atoms with Gasteiger partial charge in [0.1, 0.15) is 0 Å². The fourth-order valence-electron chi connectivity index (χ4n) is 3.29. The fourth-order valence-corrected chi connectivity index (χ4v) is 4.60.